The van der Waals surface area contributed by atoms with Crippen molar-refractivity contribution >= 4 is 5.91 Å². The summed E-state index contributed by atoms with van der Waals surface area (Å²) in [5.74, 6) is 0.0170. The van der Waals surface area contributed by atoms with Crippen molar-refractivity contribution in [2.45, 2.75) is 12.3 Å². The highest BCUT2D eigenvalue weighted by Crippen LogP contribution is 2.43. The summed E-state index contributed by atoms with van der Waals surface area (Å²) in [5.41, 5.74) is 2.72. The van der Waals surface area contributed by atoms with Gasteiger partial charge in [-0.25, -0.2) is 4.39 Å². The molecule has 7 nitrogen and oxygen atoms in total. The normalized spacial score (nSPS) is 15.7. The second-order valence-corrected chi connectivity index (χ2v) is 6.87. The molecule has 0 bridgehead atoms. The van der Waals surface area contributed by atoms with Crippen LogP contribution in [0.1, 0.15) is 27.7 Å². The molecule has 2 heterocycles. The highest BCUT2D eigenvalue weighted by molar-refractivity contribution is 6.00. The minimum Gasteiger partial charge on any atom is -0.497 e. The molecule has 1 unspecified atom stereocenters. The van der Waals surface area contributed by atoms with Crippen LogP contribution in [0.25, 0.3) is 11.3 Å². The molecule has 8 heteroatoms. The average molecular weight is 411 g/mol. The number of ether oxygens (including phenoxy) is 3. The first-order valence-corrected chi connectivity index (χ1v) is 9.42. The Balaban J connectivity index is 1.85. The Morgan fingerprint density at radius 2 is 1.80 bits per heavy atom. The quantitative estimate of drug-likeness (QED) is 0.603. The van der Waals surface area contributed by atoms with E-state index in [2.05, 4.69) is 10.2 Å². The fourth-order valence-electron chi connectivity index (χ4n) is 3.78. The molecule has 1 atom stereocenters. The maximum atomic E-state index is 14.8. The highest BCUT2D eigenvalue weighted by atomic mass is 19.1. The van der Waals surface area contributed by atoms with Gasteiger partial charge in [0, 0.05) is 30.9 Å². The number of carbonyl (C=O) groups excluding carboxylic acids is 1. The standard InChI is InChI=1S/C22H22FN3O4/c1-28-14-10-8-13(9-11-14)19-18-20(25-24-19)22(27)26(12-17(29-2)30-3)21(18)15-6-4-5-7-16(15)23/h4-11,17,21H,12H2,1-3H3,(H,24,25). The molecule has 1 aliphatic rings. The Kier molecular flexibility index (Phi) is 5.52. The third kappa shape index (κ3) is 3.34. The van der Waals surface area contributed by atoms with Crippen LogP contribution in [0.2, 0.25) is 0 Å². The summed E-state index contributed by atoms with van der Waals surface area (Å²) >= 11 is 0. The van der Waals surface area contributed by atoms with Crippen molar-refractivity contribution in [2.75, 3.05) is 27.9 Å². The highest BCUT2D eigenvalue weighted by Gasteiger charge is 2.44. The van der Waals surface area contributed by atoms with E-state index in [-0.39, 0.29) is 12.5 Å². The monoisotopic (exact) mass is 411 g/mol. The van der Waals surface area contributed by atoms with Crippen LogP contribution >= 0.6 is 0 Å². The van der Waals surface area contributed by atoms with Crippen LogP contribution in [-0.2, 0) is 9.47 Å². The van der Waals surface area contributed by atoms with E-state index in [9.17, 15) is 9.18 Å². The third-order valence-electron chi connectivity index (χ3n) is 5.30. The number of rotatable bonds is 7. The first kappa shape index (κ1) is 20.1. The lowest BCUT2D eigenvalue weighted by Crippen LogP contribution is -2.38. The summed E-state index contributed by atoms with van der Waals surface area (Å²) in [4.78, 5) is 14.8. The number of benzene rings is 2. The smallest absolute Gasteiger partial charge is 0.273 e. The number of fused-ring (bicyclic) bond motifs is 1. The van der Waals surface area contributed by atoms with Gasteiger partial charge in [-0.1, -0.05) is 18.2 Å². The van der Waals surface area contributed by atoms with Gasteiger partial charge in [0.2, 0.25) is 0 Å². The van der Waals surface area contributed by atoms with Crippen molar-refractivity contribution in [1.29, 1.82) is 0 Å². The second-order valence-electron chi connectivity index (χ2n) is 6.87. The molecule has 0 fully saturated rings. The molecule has 0 aliphatic carbocycles. The number of nitrogens with one attached hydrogen (secondary N) is 1. The first-order chi connectivity index (χ1) is 14.6. The molecular weight excluding hydrogens is 389 g/mol. The molecule has 1 aliphatic heterocycles. The number of nitrogens with zero attached hydrogens (tertiary/aromatic N) is 2. The van der Waals surface area contributed by atoms with Gasteiger partial charge in [-0.05, 0) is 30.3 Å². The number of methoxy groups -OCH3 is 3. The van der Waals surface area contributed by atoms with E-state index in [0.29, 0.717) is 28.3 Å². The molecule has 0 saturated carbocycles. The minimum atomic E-state index is -0.669. The van der Waals surface area contributed by atoms with Gasteiger partial charge in [-0.3, -0.25) is 9.89 Å². The number of aromatic nitrogens is 2. The zero-order valence-corrected chi connectivity index (χ0v) is 16.9. The summed E-state index contributed by atoms with van der Waals surface area (Å²) in [6.45, 7) is 0.134. The average Bonchev–Trinajstić information content (AvgIpc) is 3.32. The summed E-state index contributed by atoms with van der Waals surface area (Å²) in [6.07, 6.45) is -0.648. The second kappa shape index (κ2) is 8.25. The van der Waals surface area contributed by atoms with Crippen LogP contribution < -0.4 is 4.74 Å². The molecule has 1 aromatic heterocycles. The fraction of sp³-hybridized carbons (Fsp3) is 0.273. The number of hydrogen-bond acceptors (Lipinski definition) is 5. The van der Waals surface area contributed by atoms with Gasteiger partial charge in [0.05, 0.1) is 25.4 Å². The Morgan fingerprint density at radius 3 is 2.43 bits per heavy atom. The van der Waals surface area contributed by atoms with E-state index in [4.69, 9.17) is 14.2 Å². The van der Waals surface area contributed by atoms with Gasteiger partial charge in [0.1, 0.15) is 17.3 Å². The molecule has 30 heavy (non-hydrogen) atoms. The Labute approximate surface area is 173 Å². The van der Waals surface area contributed by atoms with E-state index in [1.807, 2.05) is 24.3 Å². The lowest BCUT2D eigenvalue weighted by Gasteiger charge is -2.29. The van der Waals surface area contributed by atoms with Crippen LogP contribution in [0.15, 0.2) is 48.5 Å². The molecule has 0 spiro atoms. The number of carbonyl (C=O) groups is 1. The summed E-state index contributed by atoms with van der Waals surface area (Å²) in [5, 5.41) is 7.22. The Morgan fingerprint density at radius 1 is 1.10 bits per heavy atom. The van der Waals surface area contributed by atoms with Crippen molar-refractivity contribution < 1.29 is 23.4 Å². The van der Waals surface area contributed by atoms with E-state index in [0.717, 1.165) is 5.56 Å². The van der Waals surface area contributed by atoms with E-state index in [1.165, 1.54) is 20.3 Å². The minimum absolute atomic E-state index is 0.134. The first-order valence-electron chi connectivity index (χ1n) is 9.42. The van der Waals surface area contributed by atoms with Gasteiger partial charge in [-0.15, -0.1) is 0 Å². The molecule has 0 radical (unpaired) electrons. The van der Waals surface area contributed by atoms with Gasteiger partial charge < -0.3 is 19.1 Å². The Bertz CT molecular complexity index is 1050. The molecule has 156 valence electrons. The van der Waals surface area contributed by atoms with Crippen molar-refractivity contribution in [3.63, 3.8) is 0 Å². The van der Waals surface area contributed by atoms with Crippen molar-refractivity contribution in [2.24, 2.45) is 0 Å². The van der Waals surface area contributed by atoms with Crippen LogP contribution in [0.4, 0.5) is 4.39 Å². The van der Waals surface area contributed by atoms with Gasteiger partial charge in [0.25, 0.3) is 5.91 Å². The maximum Gasteiger partial charge on any atom is 0.273 e. The molecule has 4 rings (SSSR count). The largest absolute Gasteiger partial charge is 0.497 e. The van der Waals surface area contributed by atoms with Crippen molar-refractivity contribution in [1.82, 2.24) is 15.1 Å². The molecule has 3 aromatic rings. The van der Waals surface area contributed by atoms with Crippen LogP contribution in [0.5, 0.6) is 5.75 Å². The van der Waals surface area contributed by atoms with Crippen LogP contribution in [0.3, 0.4) is 0 Å². The number of amides is 1. The van der Waals surface area contributed by atoms with Gasteiger partial charge >= 0.3 is 0 Å². The fourth-order valence-corrected chi connectivity index (χ4v) is 3.78. The third-order valence-corrected chi connectivity index (χ3v) is 5.30. The Hall–Kier alpha value is -3.23. The number of hydrogen-bond donors (Lipinski definition) is 1. The molecule has 2 aromatic carbocycles. The summed E-state index contributed by atoms with van der Waals surface area (Å²) < 4.78 is 30.6. The van der Waals surface area contributed by atoms with Gasteiger partial charge in [-0.2, -0.15) is 5.10 Å². The van der Waals surface area contributed by atoms with Crippen molar-refractivity contribution in [3.05, 3.63) is 71.2 Å². The predicted octanol–water partition coefficient (Wildman–Crippen LogP) is 3.39. The lowest BCUT2D eigenvalue weighted by molar-refractivity contribution is -0.113. The van der Waals surface area contributed by atoms with E-state index < -0.39 is 18.1 Å². The predicted molar refractivity (Wildman–Crippen MR) is 108 cm³/mol. The SMILES string of the molecule is COc1ccc(-c2n[nH]c3c2C(c2ccccc2F)N(CC(OC)OC)C3=O)cc1. The molecule has 0 saturated heterocycles. The maximum absolute atomic E-state index is 14.8. The topological polar surface area (TPSA) is 76.7 Å². The van der Waals surface area contributed by atoms with Crippen LogP contribution in [-0.4, -0.2) is 55.2 Å². The molecule has 1 N–H and O–H groups in total. The number of aromatic amines is 1. The lowest BCUT2D eigenvalue weighted by atomic mass is 9.95. The number of H-pyrrole nitrogens is 1. The summed E-state index contributed by atoms with van der Waals surface area (Å²) in [6, 6.07) is 13.1. The zero-order chi connectivity index (χ0) is 21.3. The zero-order valence-electron chi connectivity index (χ0n) is 16.9. The van der Waals surface area contributed by atoms with E-state index in [1.54, 1.807) is 30.2 Å². The van der Waals surface area contributed by atoms with E-state index >= 15 is 0 Å². The molecular formula is C22H22FN3O4. The van der Waals surface area contributed by atoms with Crippen molar-refractivity contribution in [3.8, 4) is 17.0 Å². The van der Waals surface area contributed by atoms with Crippen LogP contribution in [0, 0.1) is 5.82 Å². The molecule has 1 amide bonds. The van der Waals surface area contributed by atoms with Gasteiger partial charge in [0.15, 0.2) is 6.29 Å². The number of halogens is 1. The summed E-state index contributed by atoms with van der Waals surface area (Å²) in [7, 11) is 4.58.